The molecule has 6 rings (SSSR count). The molecule has 0 aliphatic heterocycles. The van der Waals surface area contributed by atoms with Gasteiger partial charge in [0.1, 0.15) is 11.5 Å². The number of amides is 4. The van der Waals surface area contributed by atoms with E-state index in [0.717, 1.165) is 27.8 Å². The SMILES string of the molecule is CCc1c(OC)cccc1C(=O)N(Cc1ccccc1[N+](=O)[O-])N(C(=O)c1cc(C)cc(C)c1)C(C)(C)C.CCc1c(OC)cccc1C(=O)NN(C(=O)c1cc(C)cc(C)c1)C(C)(C)C.O=[N+]([O-])c1ccccc1CBr. The lowest BCUT2D eigenvalue weighted by atomic mass is 10.0. The molecule has 0 saturated heterocycles. The van der Waals surface area contributed by atoms with Crippen LogP contribution in [-0.2, 0) is 24.7 Å². The van der Waals surface area contributed by atoms with Gasteiger partial charge in [-0.25, -0.2) is 15.0 Å². The normalized spacial score (nSPS) is 10.9. The zero-order chi connectivity index (χ0) is 57.5. The molecule has 6 aromatic carbocycles. The van der Waals surface area contributed by atoms with Gasteiger partial charge in [-0.1, -0.05) is 113 Å². The first kappa shape index (κ1) is 61.6. The number of nitrogens with zero attached hydrogens (tertiary/aromatic N) is 5. The van der Waals surface area contributed by atoms with E-state index < -0.39 is 21.9 Å². The summed E-state index contributed by atoms with van der Waals surface area (Å²) in [5.41, 5.74) is 9.65. The molecule has 0 atom stereocenters. The molecular formula is C60H71BrN6O10. The number of halogens is 1. The van der Waals surface area contributed by atoms with Gasteiger partial charge in [-0.05, 0) is 131 Å². The molecule has 0 unspecified atom stereocenters. The van der Waals surface area contributed by atoms with Crippen LogP contribution in [0.15, 0.2) is 121 Å². The first-order valence-electron chi connectivity index (χ1n) is 25.0. The van der Waals surface area contributed by atoms with Gasteiger partial charge in [0.25, 0.3) is 35.0 Å². The summed E-state index contributed by atoms with van der Waals surface area (Å²) in [5.74, 6) is -0.175. The number of benzene rings is 6. The molecule has 16 nitrogen and oxygen atoms in total. The third-order valence-corrected chi connectivity index (χ3v) is 12.7. The average Bonchev–Trinajstić information content (AvgIpc) is 3.37. The fourth-order valence-electron chi connectivity index (χ4n) is 8.72. The topological polar surface area (TPSA) is 195 Å². The van der Waals surface area contributed by atoms with Crippen LogP contribution in [0.4, 0.5) is 11.4 Å². The van der Waals surface area contributed by atoms with Gasteiger partial charge in [0.2, 0.25) is 0 Å². The summed E-state index contributed by atoms with van der Waals surface area (Å²) >= 11 is 3.17. The summed E-state index contributed by atoms with van der Waals surface area (Å²) in [6.07, 6.45) is 1.16. The van der Waals surface area contributed by atoms with E-state index >= 15 is 0 Å². The van der Waals surface area contributed by atoms with Crippen molar-refractivity contribution in [2.45, 2.75) is 119 Å². The third kappa shape index (κ3) is 16.1. The first-order valence-corrected chi connectivity index (χ1v) is 26.2. The Labute approximate surface area is 460 Å². The molecule has 0 spiro atoms. The number of hydrazine groups is 2. The second kappa shape index (κ2) is 27.2. The van der Waals surface area contributed by atoms with Crippen molar-refractivity contribution in [3.05, 3.63) is 208 Å². The number of hydrogen-bond acceptors (Lipinski definition) is 10. The second-order valence-corrected chi connectivity index (χ2v) is 20.8. The fraction of sp³-hybridized carbons (Fsp3) is 0.333. The molecule has 0 aromatic heterocycles. The summed E-state index contributed by atoms with van der Waals surface area (Å²) in [6.45, 7) is 22.6. The van der Waals surface area contributed by atoms with Gasteiger partial charge in [0, 0.05) is 56.4 Å². The molecule has 0 saturated carbocycles. The summed E-state index contributed by atoms with van der Waals surface area (Å²) < 4.78 is 10.9. The van der Waals surface area contributed by atoms with E-state index in [1.54, 1.807) is 93.1 Å². The van der Waals surface area contributed by atoms with Crippen molar-refractivity contribution in [1.82, 2.24) is 20.5 Å². The summed E-state index contributed by atoms with van der Waals surface area (Å²) in [6, 6.07) is 34.7. The van der Waals surface area contributed by atoms with Crippen LogP contribution in [0.25, 0.3) is 0 Å². The van der Waals surface area contributed by atoms with Crippen molar-refractivity contribution in [2.24, 2.45) is 0 Å². The second-order valence-electron chi connectivity index (χ2n) is 20.2. The van der Waals surface area contributed by atoms with Crippen molar-refractivity contribution >= 4 is 50.9 Å². The maximum Gasteiger partial charge on any atom is 0.274 e. The number of nitro groups is 2. The lowest BCUT2D eigenvalue weighted by Crippen LogP contribution is -2.58. The first-order chi connectivity index (χ1) is 36.2. The minimum Gasteiger partial charge on any atom is -0.496 e. The largest absolute Gasteiger partial charge is 0.496 e. The van der Waals surface area contributed by atoms with Crippen molar-refractivity contribution in [3.63, 3.8) is 0 Å². The van der Waals surface area contributed by atoms with Gasteiger partial charge in [0.15, 0.2) is 0 Å². The van der Waals surface area contributed by atoms with Crippen LogP contribution in [-0.4, -0.2) is 73.8 Å². The van der Waals surface area contributed by atoms with Crippen LogP contribution in [0.3, 0.4) is 0 Å². The number of aryl methyl sites for hydroxylation is 4. The zero-order valence-electron chi connectivity index (χ0n) is 46.6. The Morgan fingerprint density at radius 1 is 0.558 bits per heavy atom. The Morgan fingerprint density at radius 3 is 1.38 bits per heavy atom. The predicted molar refractivity (Wildman–Crippen MR) is 305 cm³/mol. The number of rotatable bonds is 13. The number of nitro benzene ring substituents is 2. The Bertz CT molecular complexity index is 3070. The number of nitrogens with one attached hydrogen (secondary N) is 1. The highest BCUT2D eigenvalue weighted by Crippen LogP contribution is 2.31. The quantitative estimate of drug-likeness (QED) is 0.0660. The molecule has 0 heterocycles. The molecule has 408 valence electrons. The van der Waals surface area contributed by atoms with E-state index in [1.165, 1.54) is 27.2 Å². The summed E-state index contributed by atoms with van der Waals surface area (Å²) in [7, 11) is 3.13. The van der Waals surface area contributed by atoms with Gasteiger partial charge in [-0.15, -0.1) is 0 Å². The van der Waals surface area contributed by atoms with E-state index in [-0.39, 0.29) is 40.6 Å². The molecule has 77 heavy (non-hydrogen) atoms. The van der Waals surface area contributed by atoms with Crippen molar-refractivity contribution < 1.29 is 38.5 Å². The van der Waals surface area contributed by atoms with Crippen molar-refractivity contribution in [3.8, 4) is 11.5 Å². The highest BCUT2D eigenvalue weighted by molar-refractivity contribution is 9.08. The smallest absolute Gasteiger partial charge is 0.274 e. The van der Waals surface area contributed by atoms with Crippen LogP contribution >= 0.6 is 15.9 Å². The number of hydrogen-bond donors (Lipinski definition) is 1. The highest BCUT2D eigenvalue weighted by Gasteiger charge is 2.38. The standard InChI is InChI=1S/C30H35N3O5.C23H30N2O3.C7H6BrNO2/c1-8-24-25(13-11-15-27(24)38-7)29(35)31(19-22-12-9-10-14-26(22)33(36)37)32(30(4,5)6)28(34)23-17-20(2)16-21(3)18-23;1-8-18-19(10-9-11-20(18)28-7)21(26)24-25(23(4,5)6)22(27)17-13-15(2)12-16(3)14-17;8-5-6-3-1-2-4-7(6)9(10)11/h9-18H,8,19H2,1-7H3;9-14H,8H2,1-7H3,(H,24,26);1-4H,5H2. The lowest BCUT2D eigenvalue weighted by Gasteiger charge is -2.43. The molecule has 0 aliphatic carbocycles. The van der Waals surface area contributed by atoms with Crippen LogP contribution < -0.4 is 14.9 Å². The minimum atomic E-state index is -0.848. The maximum atomic E-state index is 14.3. The molecule has 0 radical (unpaired) electrons. The maximum absolute atomic E-state index is 14.3. The van der Waals surface area contributed by atoms with Gasteiger partial charge >= 0.3 is 0 Å². The van der Waals surface area contributed by atoms with Crippen LogP contribution in [0.2, 0.25) is 0 Å². The van der Waals surface area contributed by atoms with Crippen molar-refractivity contribution in [1.29, 1.82) is 0 Å². The Morgan fingerprint density at radius 2 is 0.974 bits per heavy atom. The Kier molecular flexibility index (Phi) is 21.8. The molecule has 1 N–H and O–H groups in total. The Hall–Kier alpha value is -7.92. The van der Waals surface area contributed by atoms with Gasteiger partial charge in [-0.3, -0.25) is 44.8 Å². The summed E-state index contributed by atoms with van der Waals surface area (Å²) in [5, 5.41) is 26.9. The van der Waals surface area contributed by atoms with E-state index in [2.05, 4.69) is 21.4 Å². The fourth-order valence-corrected chi connectivity index (χ4v) is 9.20. The van der Waals surface area contributed by atoms with E-state index in [1.807, 2.05) is 113 Å². The lowest BCUT2D eigenvalue weighted by molar-refractivity contribution is -0.385. The molecule has 4 amide bonds. The number of carbonyl (C=O) groups is 4. The van der Waals surface area contributed by atoms with Crippen LogP contribution in [0.1, 0.15) is 141 Å². The molecule has 6 aromatic rings. The molecular weight excluding hydrogens is 1040 g/mol. The number of ether oxygens (including phenoxy) is 2. The predicted octanol–water partition coefficient (Wildman–Crippen LogP) is 13.2. The number of carbonyl (C=O) groups excluding carboxylic acids is 4. The molecule has 0 aliphatic rings. The van der Waals surface area contributed by atoms with Gasteiger partial charge < -0.3 is 9.47 Å². The number of methoxy groups -OCH3 is 2. The molecule has 0 fully saturated rings. The minimum absolute atomic E-state index is 0.126. The van der Waals surface area contributed by atoms with E-state index in [0.29, 0.717) is 68.6 Å². The van der Waals surface area contributed by atoms with Gasteiger partial charge in [0.05, 0.1) is 47.3 Å². The molecule has 17 heteroatoms. The third-order valence-electron chi connectivity index (χ3n) is 12.1. The zero-order valence-corrected chi connectivity index (χ0v) is 48.2. The van der Waals surface area contributed by atoms with E-state index in [9.17, 15) is 39.4 Å². The monoisotopic (exact) mass is 1110 g/mol. The average molecular weight is 1120 g/mol. The van der Waals surface area contributed by atoms with Crippen LogP contribution in [0, 0.1) is 47.9 Å². The summed E-state index contributed by atoms with van der Waals surface area (Å²) in [4.78, 5) is 76.1. The van der Waals surface area contributed by atoms with Crippen LogP contribution in [0.5, 0.6) is 11.5 Å². The Balaban J connectivity index is 0.000000285. The number of alkyl halides is 1. The molecule has 0 bridgehead atoms. The number of para-hydroxylation sites is 2. The van der Waals surface area contributed by atoms with Crippen molar-refractivity contribution in [2.75, 3.05) is 14.2 Å². The van der Waals surface area contributed by atoms with E-state index in [4.69, 9.17) is 9.47 Å². The van der Waals surface area contributed by atoms with Gasteiger partial charge in [-0.2, -0.15) is 0 Å². The highest BCUT2D eigenvalue weighted by atomic mass is 79.9.